The molecule has 3 aromatic carbocycles. The van der Waals surface area contributed by atoms with Crippen LogP contribution in [0.4, 0.5) is 0 Å². The molecule has 0 amide bonds. The summed E-state index contributed by atoms with van der Waals surface area (Å²) in [4.78, 5) is 0. The zero-order valence-corrected chi connectivity index (χ0v) is 12.2. The third-order valence-electron chi connectivity index (χ3n) is 4.27. The van der Waals surface area contributed by atoms with Gasteiger partial charge in [-0.2, -0.15) is 5.10 Å². The molecule has 0 bridgehead atoms. The van der Waals surface area contributed by atoms with Gasteiger partial charge in [-0.05, 0) is 51.4 Å². The zero-order chi connectivity index (χ0) is 14.9. The zero-order valence-electron chi connectivity index (χ0n) is 12.2. The van der Waals surface area contributed by atoms with Gasteiger partial charge in [-0.3, -0.25) is 0 Å². The number of fused-ring (bicyclic) bond motifs is 3. The smallest absolute Gasteiger partial charge is 0.0538 e. The summed E-state index contributed by atoms with van der Waals surface area (Å²) in [5, 5.41) is 3.62. The van der Waals surface area contributed by atoms with Crippen LogP contribution in [0.1, 0.15) is 16.7 Å². The Hall–Kier alpha value is -2.87. The van der Waals surface area contributed by atoms with E-state index < -0.39 is 0 Å². The molecule has 2 nitrogen and oxygen atoms in total. The molecule has 0 spiro atoms. The van der Waals surface area contributed by atoms with Crippen LogP contribution < -0.4 is 5.84 Å². The maximum Gasteiger partial charge on any atom is 0.0538 e. The van der Waals surface area contributed by atoms with E-state index in [0.717, 1.165) is 12.0 Å². The minimum Gasteiger partial charge on any atom is -0.323 e. The lowest BCUT2D eigenvalue weighted by molar-refractivity contribution is 1.26. The molecule has 3 aromatic rings. The SMILES string of the molecule is NN=Cc1cccc(-c2cccc3c2Cc2ccccc2-3)c1. The number of hydrogen-bond donors (Lipinski definition) is 1. The second-order valence-electron chi connectivity index (χ2n) is 5.57. The van der Waals surface area contributed by atoms with Gasteiger partial charge in [-0.15, -0.1) is 0 Å². The Balaban J connectivity index is 1.87. The molecule has 0 aliphatic heterocycles. The van der Waals surface area contributed by atoms with Gasteiger partial charge in [0, 0.05) is 0 Å². The van der Waals surface area contributed by atoms with Crippen molar-refractivity contribution in [1.82, 2.24) is 0 Å². The summed E-state index contributed by atoms with van der Waals surface area (Å²) < 4.78 is 0. The molecule has 0 fully saturated rings. The molecule has 106 valence electrons. The number of hydrogen-bond acceptors (Lipinski definition) is 2. The van der Waals surface area contributed by atoms with Crippen LogP contribution in [0.15, 0.2) is 71.8 Å². The summed E-state index contributed by atoms with van der Waals surface area (Å²) in [6.07, 6.45) is 2.68. The molecule has 0 aromatic heterocycles. The van der Waals surface area contributed by atoms with E-state index in [-0.39, 0.29) is 0 Å². The molecule has 0 saturated heterocycles. The number of nitrogens with two attached hydrogens (primary N) is 1. The molecular formula is C20H16N2. The van der Waals surface area contributed by atoms with Gasteiger partial charge in [0.15, 0.2) is 0 Å². The van der Waals surface area contributed by atoms with Gasteiger partial charge in [0.1, 0.15) is 0 Å². The second-order valence-corrected chi connectivity index (χ2v) is 5.57. The van der Waals surface area contributed by atoms with Crippen molar-refractivity contribution in [2.75, 3.05) is 0 Å². The maximum atomic E-state index is 5.27. The highest BCUT2D eigenvalue weighted by atomic mass is 15.1. The monoisotopic (exact) mass is 284 g/mol. The molecule has 0 radical (unpaired) electrons. The van der Waals surface area contributed by atoms with Gasteiger partial charge in [-0.25, -0.2) is 0 Å². The molecule has 1 aliphatic carbocycles. The van der Waals surface area contributed by atoms with Gasteiger partial charge >= 0.3 is 0 Å². The predicted octanol–water partition coefficient (Wildman–Crippen LogP) is 4.22. The van der Waals surface area contributed by atoms with Crippen LogP contribution >= 0.6 is 0 Å². The van der Waals surface area contributed by atoms with E-state index in [9.17, 15) is 0 Å². The summed E-state index contributed by atoms with van der Waals surface area (Å²) in [6, 6.07) is 23.5. The summed E-state index contributed by atoms with van der Waals surface area (Å²) in [5.74, 6) is 5.27. The molecule has 22 heavy (non-hydrogen) atoms. The predicted molar refractivity (Wildman–Crippen MR) is 91.9 cm³/mol. The molecule has 2 N–H and O–H groups in total. The first kappa shape index (κ1) is 12.8. The Kier molecular flexibility index (Phi) is 3.01. The molecule has 0 unspecified atom stereocenters. The average molecular weight is 284 g/mol. The summed E-state index contributed by atoms with van der Waals surface area (Å²) in [7, 11) is 0. The van der Waals surface area contributed by atoms with E-state index in [1.165, 1.54) is 33.4 Å². The van der Waals surface area contributed by atoms with E-state index in [1.54, 1.807) is 6.21 Å². The third kappa shape index (κ3) is 2.01. The van der Waals surface area contributed by atoms with E-state index in [1.807, 2.05) is 12.1 Å². The van der Waals surface area contributed by atoms with Crippen LogP contribution in [0.25, 0.3) is 22.3 Å². The fourth-order valence-electron chi connectivity index (χ4n) is 3.30. The maximum absolute atomic E-state index is 5.27. The molecule has 2 heteroatoms. The topological polar surface area (TPSA) is 38.4 Å². The van der Waals surface area contributed by atoms with Crippen molar-refractivity contribution >= 4 is 6.21 Å². The second kappa shape index (κ2) is 5.15. The highest BCUT2D eigenvalue weighted by Crippen LogP contribution is 2.41. The Labute approximate surface area is 129 Å². The van der Waals surface area contributed by atoms with E-state index >= 15 is 0 Å². The van der Waals surface area contributed by atoms with Crippen LogP contribution in [0, 0.1) is 0 Å². The first-order valence-corrected chi connectivity index (χ1v) is 7.40. The van der Waals surface area contributed by atoms with Crippen molar-refractivity contribution in [2.24, 2.45) is 10.9 Å². The summed E-state index contributed by atoms with van der Waals surface area (Å²) >= 11 is 0. The van der Waals surface area contributed by atoms with Crippen LogP contribution in [0.5, 0.6) is 0 Å². The normalized spacial score (nSPS) is 12.4. The molecule has 0 heterocycles. The Bertz CT molecular complexity index is 878. The van der Waals surface area contributed by atoms with Crippen molar-refractivity contribution < 1.29 is 0 Å². The van der Waals surface area contributed by atoms with E-state index in [2.05, 4.69) is 59.7 Å². The Morgan fingerprint density at radius 3 is 2.50 bits per heavy atom. The molecule has 4 rings (SSSR count). The van der Waals surface area contributed by atoms with Crippen molar-refractivity contribution in [2.45, 2.75) is 6.42 Å². The fraction of sp³-hybridized carbons (Fsp3) is 0.0500. The molecule has 0 atom stereocenters. The first-order valence-electron chi connectivity index (χ1n) is 7.40. The quantitative estimate of drug-likeness (QED) is 0.334. The number of benzene rings is 3. The van der Waals surface area contributed by atoms with Gasteiger partial charge in [-0.1, -0.05) is 60.7 Å². The third-order valence-corrected chi connectivity index (χ3v) is 4.27. The van der Waals surface area contributed by atoms with E-state index in [0.29, 0.717) is 0 Å². The van der Waals surface area contributed by atoms with Crippen LogP contribution in [-0.2, 0) is 6.42 Å². The Morgan fingerprint density at radius 2 is 1.59 bits per heavy atom. The first-order chi connectivity index (χ1) is 10.9. The van der Waals surface area contributed by atoms with Crippen molar-refractivity contribution in [3.8, 4) is 22.3 Å². The highest BCUT2D eigenvalue weighted by Gasteiger charge is 2.20. The molecule has 1 aliphatic rings. The van der Waals surface area contributed by atoms with Gasteiger partial charge < -0.3 is 5.84 Å². The number of rotatable bonds is 2. The van der Waals surface area contributed by atoms with Crippen molar-refractivity contribution in [3.05, 3.63) is 83.4 Å². The van der Waals surface area contributed by atoms with Gasteiger partial charge in [0.2, 0.25) is 0 Å². The standard InChI is InChI=1S/C20H16N2/c21-22-13-14-5-3-7-15(11-14)18-9-4-10-19-17-8-2-1-6-16(17)12-20(18)19/h1-11,13H,12,21H2. The van der Waals surface area contributed by atoms with Crippen LogP contribution in [-0.4, -0.2) is 6.21 Å². The highest BCUT2D eigenvalue weighted by molar-refractivity contribution is 5.87. The lowest BCUT2D eigenvalue weighted by Crippen LogP contribution is -1.90. The van der Waals surface area contributed by atoms with Crippen LogP contribution in [0.2, 0.25) is 0 Å². The lowest BCUT2D eigenvalue weighted by Gasteiger charge is -2.09. The molecule has 0 saturated carbocycles. The lowest BCUT2D eigenvalue weighted by atomic mass is 9.95. The van der Waals surface area contributed by atoms with Crippen molar-refractivity contribution in [1.29, 1.82) is 0 Å². The summed E-state index contributed by atoms with van der Waals surface area (Å²) in [5.41, 5.74) is 9.05. The number of nitrogens with zero attached hydrogens (tertiary/aromatic N) is 1. The summed E-state index contributed by atoms with van der Waals surface area (Å²) in [6.45, 7) is 0. The minimum atomic E-state index is 0.997. The van der Waals surface area contributed by atoms with E-state index in [4.69, 9.17) is 5.84 Å². The van der Waals surface area contributed by atoms with Crippen LogP contribution in [0.3, 0.4) is 0 Å². The van der Waals surface area contributed by atoms with Gasteiger partial charge in [0.25, 0.3) is 0 Å². The Morgan fingerprint density at radius 1 is 0.818 bits per heavy atom. The van der Waals surface area contributed by atoms with Gasteiger partial charge in [0.05, 0.1) is 6.21 Å². The fourth-order valence-corrected chi connectivity index (χ4v) is 3.30. The van der Waals surface area contributed by atoms with Crippen molar-refractivity contribution in [3.63, 3.8) is 0 Å². The largest absolute Gasteiger partial charge is 0.323 e. The molecular weight excluding hydrogens is 268 g/mol. The minimum absolute atomic E-state index is 0.997. The number of hydrazone groups is 1. The average Bonchev–Trinajstić information content (AvgIpc) is 2.94.